The number of para-hydroxylation sites is 1. The molecule has 0 aliphatic heterocycles. The maximum atomic E-state index is 12.8. The Labute approximate surface area is 156 Å². The molecule has 132 valence electrons. The zero-order chi connectivity index (χ0) is 18.2. The highest BCUT2D eigenvalue weighted by atomic mass is 32.1. The molecule has 0 bridgehead atoms. The van der Waals surface area contributed by atoms with E-state index >= 15 is 0 Å². The number of hydrogen-bond donors (Lipinski definition) is 0. The van der Waals surface area contributed by atoms with Crippen molar-refractivity contribution >= 4 is 22.4 Å². The molecule has 8 nitrogen and oxygen atoms in total. The molecule has 0 radical (unpaired) electrons. The van der Waals surface area contributed by atoms with Crippen LogP contribution in [0.25, 0.3) is 27.5 Å². The fourth-order valence-electron chi connectivity index (χ4n) is 2.78. The molecule has 0 atom stereocenters. The lowest BCUT2D eigenvalue weighted by molar-refractivity contribution is 0.484. The van der Waals surface area contributed by atoms with Gasteiger partial charge in [0, 0.05) is 0 Å². The van der Waals surface area contributed by atoms with Gasteiger partial charge in [-0.05, 0) is 23.6 Å². The van der Waals surface area contributed by atoms with Gasteiger partial charge in [0.2, 0.25) is 5.89 Å². The highest BCUT2D eigenvalue weighted by molar-refractivity contribution is 7.13. The lowest BCUT2D eigenvalue weighted by Gasteiger charge is -2.04. The third-order valence-corrected chi connectivity index (χ3v) is 4.92. The van der Waals surface area contributed by atoms with Gasteiger partial charge < -0.3 is 4.42 Å². The summed E-state index contributed by atoms with van der Waals surface area (Å²) in [5.41, 5.74) is 1.14. The Kier molecular flexibility index (Phi) is 3.65. The Bertz CT molecular complexity index is 1270. The third-order valence-electron chi connectivity index (χ3n) is 4.06. The Morgan fingerprint density at radius 3 is 2.78 bits per heavy atom. The van der Waals surface area contributed by atoms with Crippen LogP contribution in [0.5, 0.6) is 0 Å². The van der Waals surface area contributed by atoms with Crippen LogP contribution in [0.2, 0.25) is 0 Å². The van der Waals surface area contributed by atoms with Crippen molar-refractivity contribution in [3.63, 3.8) is 0 Å². The molecule has 0 aliphatic carbocycles. The molecule has 0 amide bonds. The van der Waals surface area contributed by atoms with E-state index in [1.54, 1.807) is 4.68 Å². The minimum absolute atomic E-state index is 0.149. The van der Waals surface area contributed by atoms with Crippen LogP contribution in [0.15, 0.2) is 69.6 Å². The average Bonchev–Trinajstić information content (AvgIpc) is 3.45. The van der Waals surface area contributed by atoms with Gasteiger partial charge in [-0.15, -0.1) is 21.5 Å². The highest BCUT2D eigenvalue weighted by Crippen LogP contribution is 2.23. The molecule has 0 saturated carbocycles. The quantitative estimate of drug-likeness (QED) is 0.479. The zero-order valence-corrected chi connectivity index (χ0v) is 14.7. The number of rotatable bonds is 4. The van der Waals surface area contributed by atoms with Crippen LogP contribution in [0, 0.1) is 0 Å². The van der Waals surface area contributed by atoms with Crippen LogP contribution in [-0.2, 0) is 6.54 Å². The maximum absolute atomic E-state index is 12.8. The largest absolute Gasteiger partial charge is 0.418 e. The van der Waals surface area contributed by atoms with Gasteiger partial charge in [-0.1, -0.05) is 24.3 Å². The summed E-state index contributed by atoms with van der Waals surface area (Å²) in [4.78, 5) is 18.1. The average molecular weight is 376 g/mol. The first-order chi connectivity index (χ1) is 13.3. The van der Waals surface area contributed by atoms with Gasteiger partial charge in [0.15, 0.2) is 5.65 Å². The summed E-state index contributed by atoms with van der Waals surface area (Å²) in [6, 6.07) is 13.4. The van der Waals surface area contributed by atoms with Crippen molar-refractivity contribution < 1.29 is 4.42 Å². The van der Waals surface area contributed by atoms with Gasteiger partial charge in [-0.2, -0.15) is 5.10 Å². The molecule has 0 saturated heterocycles. The Balaban J connectivity index is 1.50. The van der Waals surface area contributed by atoms with Crippen LogP contribution in [0.1, 0.15) is 5.89 Å². The van der Waals surface area contributed by atoms with Gasteiger partial charge in [0.05, 0.1) is 16.8 Å². The van der Waals surface area contributed by atoms with E-state index in [9.17, 15) is 4.79 Å². The minimum Gasteiger partial charge on any atom is -0.418 e. The molecule has 0 spiro atoms. The number of nitrogens with zero attached hydrogens (tertiary/aromatic N) is 6. The lowest BCUT2D eigenvalue weighted by atomic mass is 10.3. The fraction of sp³-hybridized carbons (Fsp3) is 0.0556. The molecular weight excluding hydrogens is 364 g/mol. The van der Waals surface area contributed by atoms with Gasteiger partial charge in [0.1, 0.15) is 18.3 Å². The molecule has 5 aromatic rings. The predicted molar refractivity (Wildman–Crippen MR) is 99.8 cm³/mol. The lowest BCUT2D eigenvalue weighted by Crippen LogP contribution is -2.21. The zero-order valence-electron chi connectivity index (χ0n) is 13.9. The van der Waals surface area contributed by atoms with E-state index in [4.69, 9.17) is 4.42 Å². The second-order valence-electron chi connectivity index (χ2n) is 5.79. The monoisotopic (exact) mass is 376 g/mol. The van der Waals surface area contributed by atoms with E-state index in [2.05, 4.69) is 20.3 Å². The Morgan fingerprint density at radius 1 is 1.07 bits per heavy atom. The summed E-state index contributed by atoms with van der Waals surface area (Å²) in [6.07, 6.45) is 3.00. The molecule has 27 heavy (non-hydrogen) atoms. The summed E-state index contributed by atoms with van der Waals surface area (Å²) < 4.78 is 8.73. The molecule has 4 heterocycles. The Morgan fingerprint density at radius 2 is 1.96 bits per heavy atom. The smallest absolute Gasteiger partial charge is 0.264 e. The number of thiophene rings is 1. The second kappa shape index (κ2) is 6.29. The van der Waals surface area contributed by atoms with Gasteiger partial charge in [0.25, 0.3) is 11.4 Å². The number of benzene rings is 1. The standard InChI is InChI=1S/C18H12N6O2S/c25-18-13-9-20-24(12-5-2-1-3-6-12)16(13)19-11-23(18)10-15-21-22-17(26-15)14-7-4-8-27-14/h1-9,11H,10H2. The van der Waals surface area contributed by atoms with Crippen molar-refractivity contribution in [2.75, 3.05) is 0 Å². The normalized spacial score (nSPS) is 11.3. The van der Waals surface area contributed by atoms with E-state index in [1.807, 2.05) is 47.8 Å². The van der Waals surface area contributed by atoms with Gasteiger partial charge >= 0.3 is 0 Å². The summed E-state index contributed by atoms with van der Waals surface area (Å²) in [6.45, 7) is 0.149. The van der Waals surface area contributed by atoms with Crippen molar-refractivity contribution in [3.05, 3.63) is 76.6 Å². The molecule has 9 heteroatoms. The van der Waals surface area contributed by atoms with Crippen molar-refractivity contribution in [2.24, 2.45) is 0 Å². The first kappa shape index (κ1) is 15.6. The van der Waals surface area contributed by atoms with Crippen molar-refractivity contribution in [3.8, 4) is 16.5 Å². The molecule has 0 unspecified atom stereocenters. The summed E-state index contributed by atoms with van der Waals surface area (Å²) >= 11 is 1.51. The Hall–Kier alpha value is -3.59. The number of aromatic nitrogens is 6. The molecular formula is C18H12N6O2S. The van der Waals surface area contributed by atoms with E-state index in [0.717, 1.165) is 10.6 Å². The molecule has 0 N–H and O–H groups in total. The first-order valence-corrected chi connectivity index (χ1v) is 9.02. The maximum Gasteiger partial charge on any atom is 0.264 e. The van der Waals surface area contributed by atoms with E-state index in [-0.39, 0.29) is 12.1 Å². The summed E-state index contributed by atoms with van der Waals surface area (Å²) in [5.74, 6) is 0.788. The van der Waals surface area contributed by atoms with Crippen molar-refractivity contribution in [1.29, 1.82) is 0 Å². The van der Waals surface area contributed by atoms with Gasteiger partial charge in [-0.3, -0.25) is 9.36 Å². The van der Waals surface area contributed by atoms with Crippen molar-refractivity contribution in [1.82, 2.24) is 29.5 Å². The van der Waals surface area contributed by atoms with Crippen LogP contribution in [0.3, 0.4) is 0 Å². The number of fused-ring (bicyclic) bond motifs is 1. The van der Waals surface area contributed by atoms with Crippen molar-refractivity contribution in [2.45, 2.75) is 6.54 Å². The second-order valence-corrected chi connectivity index (χ2v) is 6.73. The van der Waals surface area contributed by atoms with Gasteiger partial charge in [-0.25, -0.2) is 9.67 Å². The fourth-order valence-corrected chi connectivity index (χ4v) is 3.43. The first-order valence-electron chi connectivity index (χ1n) is 8.14. The van der Waals surface area contributed by atoms with Crippen LogP contribution in [0.4, 0.5) is 0 Å². The summed E-state index contributed by atoms with van der Waals surface area (Å²) in [7, 11) is 0. The third kappa shape index (κ3) is 2.74. The topological polar surface area (TPSA) is 91.6 Å². The predicted octanol–water partition coefficient (Wildman–Crippen LogP) is 2.74. The SMILES string of the molecule is O=c1c2cnn(-c3ccccc3)c2ncn1Cc1nnc(-c2cccs2)o1. The summed E-state index contributed by atoms with van der Waals surface area (Å²) in [5, 5.41) is 14.7. The minimum atomic E-state index is -0.210. The number of hydrogen-bond acceptors (Lipinski definition) is 7. The van der Waals surface area contributed by atoms with E-state index in [1.165, 1.54) is 28.4 Å². The molecule has 0 fully saturated rings. The highest BCUT2D eigenvalue weighted by Gasteiger charge is 2.14. The van der Waals surface area contributed by atoms with E-state index in [0.29, 0.717) is 22.8 Å². The van der Waals surface area contributed by atoms with Crippen LogP contribution >= 0.6 is 11.3 Å². The molecule has 1 aromatic carbocycles. The van der Waals surface area contributed by atoms with E-state index < -0.39 is 0 Å². The molecule has 4 aromatic heterocycles. The van der Waals surface area contributed by atoms with Crippen LogP contribution in [-0.4, -0.2) is 29.5 Å². The molecule has 0 aliphatic rings. The van der Waals surface area contributed by atoms with Crippen LogP contribution < -0.4 is 5.56 Å². The molecule has 5 rings (SSSR count).